The van der Waals surface area contributed by atoms with E-state index in [4.69, 9.17) is 11.6 Å². The molecule has 1 aliphatic rings. The van der Waals surface area contributed by atoms with E-state index in [0.717, 1.165) is 19.5 Å². The first-order valence-corrected chi connectivity index (χ1v) is 7.59. The van der Waals surface area contributed by atoms with Crippen molar-refractivity contribution in [1.82, 2.24) is 10.3 Å². The molecule has 1 amide bonds. The summed E-state index contributed by atoms with van der Waals surface area (Å²) in [6.07, 6.45) is 6.21. The van der Waals surface area contributed by atoms with E-state index in [-0.39, 0.29) is 11.3 Å². The summed E-state index contributed by atoms with van der Waals surface area (Å²) in [6, 6.07) is 1.67. The van der Waals surface area contributed by atoms with Crippen LogP contribution in [0.5, 0.6) is 0 Å². The monoisotopic (exact) mass is 295 g/mol. The Labute approximate surface area is 125 Å². The molecule has 1 aromatic heterocycles. The van der Waals surface area contributed by atoms with Crippen molar-refractivity contribution >= 4 is 23.3 Å². The smallest absolute Gasteiger partial charge is 0.252 e. The number of rotatable bonds is 6. The van der Waals surface area contributed by atoms with E-state index in [2.05, 4.69) is 29.5 Å². The van der Waals surface area contributed by atoms with Gasteiger partial charge < -0.3 is 10.6 Å². The van der Waals surface area contributed by atoms with Gasteiger partial charge >= 0.3 is 0 Å². The van der Waals surface area contributed by atoms with Crippen LogP contribution in [0.4, 0.5) is 5.82 Å². The lowest BCUT2D eigenvalue weighted by Crippen LogP contribution is -2.39. The van der Waals surface area contributed by atoms with E-state index < -0.39 is 0 Å². The number of amides is 1. The van der Waals surface area contributed by atoms with E-state index in [0.29, 0.717) is 16.4 Å². The summed E-state index contributed by atoms with van der Waals surface area (Å²) >= 11 is 6.13. The van der Waals surface area contributed by atoms with Crippen LogP contribution in [0.3, 0.4) is 0 Å². The van der Waals surface area contributed by atoms with Gasteiger partial charge in [-0.25, -0.2) is 4.98 Å². The van der Waals surface area contributed by atoms with Crippen molar-refractivity contribution in [3.63, 3.8) is 0 Å². The van der Waals surface area contributed by atoms with E-state index in [1.165, 1.54) is 19.3 Å². The predicted octanol–water partition coefficient (Wildman–Crippen LogP) is 3.48. The van der Waals surface area contributed by atoms with Crippen LogP contribution < -0.4 is 10.6 Å². The van der Waals surface area contributed by atoms with Crippen LogP contribution in [-0.4, -0.2) is 24.0 Å². The minimum absolute atomic E-state index is 0.102. The molecule has 0 aromatic carbocycles. The van der Waals surface area contributed by atoms with Gasteiger partial charge in [0, 0.05) is 19.3 Å². The van der Waals surface area contributed by atoms with Gasteiger partial charge in [0.25, 0.3) is 5.91 Å². The van der Waals surface area contributed by atoms with Crippen LogP contribution in [0.15, 0.2) is 12.3 Å². The lowest BCUT2D eigenvalue weighted by Gasteiger charge is -2.38. The maximum absolute atomic E-state index is 12.1. The standard InChI is InChI=1S/C15H22ClN3O/c1-3-7-17-13-12(16)8-11(9-18-13)14(20)19-10-15(2)5-4-6-15/h8-9H,3-7,10H2,1-2H3,(H,17,18)(H,19,20). The van der Waals surface area contributed by atoms with Crippen LogP contribution in [-0.2, 0) is 0 Å². The Kier molecular flexibility index (Phi) is 4.86. The van der Waals surface area contributed by atoms with Gasteiger partial charge in [-0.1, -0.05) is 31.9 Å². The average molecular weight is 296 g/mol. The topological polar surface area (TPSA) is 54.0 Å². The highest BCUT2D eigenvalue weighted by molar-refractivity contribution is 6.33. The van der Waals surface area contributed by atoms with Crippen molar-refractivity contribution in [3.05, 3.63) is 22.8 Å². The Morgan fingerprint density at radius 3 is 2.80 bits per heavy atom. The van der Waals surface area contributed by atoms with Gasteiger partial charge in [0.15, 0.2) is 0 Å². The van der Waals surface area contributed by atoms with Crippen LogP contribution >= 0.6 is 11.6 Å². The number of nitrogens with zero attached hydrogens (tertiary/aromatic N) is 1. The van der Waals surface area contributed by atoms with Crippen molar-refractivity contribution in [1.29, 1.82) is 0 Å². The van der Waals surface area contributed by atoms with Crippen LogP contribution in [0.1, 0.15) is 49.9 Å². The summed E-state index contributed by atoms with van der Waals surface area (Å²) in [5.74, 6) is 0.533. The Balaban J connectivity index is 1.94. The molecule has 0 bridgehead atoms. The molecule has 110 valence electrons. The molecule has 0 aliphatic heterocycles. The minimum atomic E-state index is -0.102. The third-order valence-corrected chi connectivity index (χ3v) is 4.17. The summed E-state index contributed by atoms with van der Waals surface area (Å²) in [4.78, 5) is 16.3. The highest BCUT2D eigenvalue weighted by Crippen LogP contribution is 2.39. The highest BCUT2D eigenvalue weighted by Gasteiger charge is 2.31. The van der Waals surface area contributed by atoms with Gasteiger partial charge in [-0.3, -0.25) is 4.79 Å². The van der Waals surface area contributed by atoms with E-state index in [1.54, 1.807) is 12.3 Å². The molecule has 0 unspecified atom stereocenters. The fourth-order valence-electron chi connectivity index (χ4n) is 2.29. The summed E-state index contributed by atoms with van der Waals surface area (Å²) in [5, 5.41) is 6.59. The van der Waals surface area contributed by atoms with Crippen molar-refractivity contribution < 1.29 is 4.79 Å². The molecule has 5 heteroatoms. The second kappa shape index (κ2) is 6.44. The van der Waals surface area contributed by atoms with Gasteiger partial charge in [0.1, 0.15) is 5.82 Å². The lowest BCUT2D eigenvalue weighted by atomic mass is 9.70. The summed E-state index contributed by atoms with van der Waals surface area (Å²) in [7, 11) is 0. The lowest BCUT2D eigenvalue weighted by molar-refractivity contribution is 0.0890. The van der Waals surface area contributed by atoms with E-state index in [9.17, 15) is 4.79 Å². The molecule has 0 saturated heterocycles. The number of hydrogen-bond acceptors (Lipinski definition) is 3. The average Bonchev–Trinajstić information content (AvgIpc) is 2.41. The SMILES string of the molecule is CCCNc1ncc(C(=O)NCC2(C)CCC2)cc1Cl. The first kappa shape index (κ1) is 15.1. The normalized spacial score (nSPS) is 16.4. The zero-order chi connectivity index (χ0) is 14.6. The molecule has 1 aromatic rings. The molecule has 0 radical (unpaired) electrons. The number of anilines is 1. The Bertz CT molecular complexity index is 486. The maximum atomic E-state index is 12.1. The van der Waals surface area contributed by atoms with Crippen molar-refractivity contribution in [2.24, 2.45) is 5.41 Å². The fraction of sp³-hybridized carbons (Fsp3) is 0.600. The molecular formula is C15H22ClN3O. The number of halogens is 1. The third kappa shape index (κ3) is 3.63. The second-order valence-corrected chi connectivity index (χ2v) is 6.24. The Hall–Kier alpha value is -1.29. The van der Waals surface area contributed by atoms with Crippen LogP contribution in [0.25, 0.3) is 0 Å². The molecule has 0 atom stereocenters. The minimum Gasteiger partial charge on any atom is -0.369 e. The van der Waals surface area contributed by atoms with E-state index in [1.807, 2.05) is 0 Å². The third-order valence-electron chi connectivity index (χ3n) is 3.88. The number of hydrogen-bond donors (Lipinski definition) is 2. The zero-order valence-corrected chi connectivity index (χ0v) is 12.9. The molecule has 1 saturated carbocycles. The van der Waals surface area contributed by atoms with Crippen LogP contribution in [0, 0.1) is 5.41 Å². The fourth-order valence-corrected chi connectivity index (χ4v) is 2.52. The maximum Gasteiger partial charge on any atom is 0.252 e. The number of pyridine rings is 1. The predicted molar refractivity (Wildman–Crippen MR) is 82.3 cm³/mol. The number of aromatic nitrogens is 1. The second-order valence-electron chi connectivity index (χ2n) is 5.83. The molecule has 20 heavy (non-hydrogen) atoms. The van der Waals surface area contributed by atoms with Gasteiger partial charge in [0.05, 0.1) is 10.6 Å². The molecular weight excluding hydrogens is 274 g/mol. The number of carbonyl (C=O) groups is 1. The summed E-state index contributed by atoms with van der Waals surface area (Å²) in [5.41, 5.74) is 0.787. The summed E-state index contributed by atoms with van der Waals surface area (Å²) in [6.45, 7) is 5.82. The van der Waals surface area contributed by atoms with Crippen LogP contribution in [0.2, 0.25) is 5.02 Å². The molecule has 2 N–H and O–H groups in total. The Morgan fingerprint density at radius 1 is 1.50 bits per heavy atom. The zero-order valence-electron chi connectivity index (χ0n) is 12.1. The van der Waals surface area contributed by atoms with Gasteiger partial charge in [-0.05, 0) is 30.7 Å². The van der Waals surface area contributed by atoms with Gasteiger partial charge in [-0.15, -0.1) is 0 Å². The van der Waals surface area contributed by atoms with E-state index >= 15 is 0 Å². The first-order chi connectivity index (χ1) is 9.54. The molecule has 4 nitrogen and oxygen atoms in total. The molecule has 0 spiro atoms. The summed E-state index contributed by atoms with van der Waals surface area (Å²) < 4.78 is 0. The molecule has 2 rings (SSSR count). The quantitative estimate of drug-likeness (QED) is 0.845. The first-order valence-electron chi connectivity index (χ1n) is 7.22. The molecule has 1 heterocycles. The largest absolute Gasteiger partial charge is 0.369 e. The van der Waals surface area contributed by atoms with Gasteiger partial charge in [0.2, 0.25) is 0 Å². The van der Waals surface area contributed by atoms with Crippen molar-refractivity contribution in [2.75, 3.05) is 18.4 Å². The number of nitrogens with one attached hydrogen (secondary N) is 2. The Morgan fingerprint density at radius 2 is 2.25 bits per heavy atom. The van der Waals surface area contributed by atoms with Crippen molar-refractivity contribution in [2.45, 2.75) is 39.5 Å². The molecule has 1 fully saturated rings. The van der Waals surface area contributed by atoms with Gasteiger partial charge in [-0.2, -0.15) is 0 Å². The molecule has 1 aliphatic carbocycles. The highest BCUT2D eigenvalue weighted by atomic mass is 35.5. The van der Waals surface area contributed by atoms with Crippen molar-refractivity contribution in [3.8, 4) is 0 Å². The number of carbonyl (C=O) groups excluding carboxylic acids is 1.